The third-order valence-corrected chi connectivity index (χ3v) is 4.31. The lowest BCUT2D eigenvalue weighted by atomic mass is 10.1. The summed E-state index contributed by atoms with van der Waals surface area (Å²) >= 11 is 0. The van der Waals surface area contributed by atoms with Gasteiger partial charge in [-0.3, -0.25) is 20.4 Å². The van der Waals surface area contributed by atoms with Gasteiger partial charge in [0.1, 0.15) is 18.1 Å². The van der Waals surface area contributed by atoms with Crippen molar-refractivity contribution in [2.45, 2.75) is 6.61 Å². The summed E-state index contributed by atoms with van der Waals surface area (Å²) in [6.07, 6.45) is 0. The normalized spacial score (nSPS) is 10.5. The van der Waals surface area contributed by atoms with E-state index in [9.17, 15) is 9.59 Å². The highest BCUT2D eigenvalue weighted by molar-refractivity contribution is 6.00. The fourth-order valence-corrected chi connectivity index (χ4v) is 2.83. The molecule has 1 aromatic heterocycles. The van der Waals surface area contributed by atoms with Crippen LogP contribution < -0.4 is 15.6 Å². The summed E-state index contributed by atoms with van der Waals surface area (Å²) in [5.74, 6) is 0.321. The van der Waals surface area contributed by atoms with Gasteiger partial charge >= 0.3 is 5.91 Å². The molecule has 2 N–H and O–H groups in total. The summed E-state index contributed by atoms with van der Waals surface area (Å²) in [6, 6.07) is 25.5. The van der Waals surface area contributed by atoms with Gasteiger partial charge in [0.05, 0.1) is 0 Å². The maximum absolute atomic E-state index is 12.3. The van der Waals surface area contributed by atoms with Crippen LogP contribution in [0.2, 0.25) is 0 Å². The number of furan rings is 1. The number of ether oxygens (including phenoxy) is 1. The van der Waals surface area contributed by atoms with Gasteiger partial charge in [0.2, 0.25) is 0 Å². The van der Waals surface area contributed by atoms with Crippen LogP contribution in [0.25, 0.3) is 10.8 Å². The van der Waals surface area contributed by atoms with Gasteiger partial charge in [0.25, 0.3) is 5.91 Å². The SMILES string of the molecule is O=C(NNC(=O)c1ccc(COc2ccccc2)o1)c1ccc2ccccc2c1. The number of nitrogens with one attached hydrogen (secondary N) is 2. The Balaban J connectivity index is 1.33. The van der Waals surface area contributed by atoms with Crippen molar-refractivity contribution in [2.75, 3.05) is 0 Å². The van der Waals surface area contributed by atoms with E-state index >= 15 is 0 Å². The van der Waals surface area contributed by atoms with Gasteiger partial charge in [-0.05, 0) is 47.2 Å². The number of hydrogen-bond donors (Lipinski definition) is 2. The maximum atomic E-state index is 12.3. The number of fused-ring (bicyclic) bond motifs is 1. The van der Waals surface area contributed by atoms with Crippen LogP contribution in [0, 0.1) is 0 Å². The molecule has 0 atom stereocenters. The fourth-order valence-electron chi connectivity index (χ4n) is 2.83. The third-order valence-electron chi connectivity index (χ3n) is 4.31. The van der Waals surface area contributed by atoms with Crippen LogP contribution in [0.15, 0.2) is 89.3 Å². The smallest absolute Gasteiger partial charge is 0.305 e. The van der Waals surface area contributed by atoms with E-state index < -0.39 is 11.8 Å². The van der Waals surface area contributed by atoms with Gasteiger partial charge in [-0.15, -0.1) is 0 Å². The summed E-state index contributed by atoms with van der Waals surface area (Å²) in [7, 11) is 0. The van der Waals surface area contributed by atoms with Gasteiger partial charge < -0.3 is 9.15 Å². The molecule has 4 rings (SSSR count). The Hall–Kier alpha value is -4.06. The number of rotatable bonds is 5. The molecule has 0 aliphatic heterocycles. The monoisotopic (exact) mass is 386 g/mol. The molecule has 0 saturated heterocycles. The number of amides is 2. The largest absolute Gasteiger partial charge is 0.486 e. The van der Waals surface area contributed by atoms with Crippen molar-refractivity contribution in [3.05, 3.63) is 102 Å². The molecule has 0 saturated carbocycles. The molecule has 0 aliphatic rings. The van der Waals surface area contributed by atoms with E-state index in [0.29, 0.717) is 17.1 Å². The number of hydrazine groups is 1. The maximum Gasteiger partial charge on any atom is 0.305 e. The Morgan fingerprint density at radius 3 is 2.31 bits per heavy atom. The van der Waals surface area contributed by atoms with E-state index in [1.807, 2.05) is 60.7 Å². The number of carbonyl (C=O) groups is 2. The summed E-state index contributed by atoms with van der Waals surface area (Å²) in [5.41, 5.74) is 5.20. The number of carbonyl (C=O) groups excluding carboxylic acids is 2. The quantitative estimate of drug-likeness (QED) is 0.506. The molecule has 29 heavy (non-hydrogen) atoms. The first-order valence-electron chi connectivity index (χ1n) is 9.05. The van der Waals surface area contributed by atoms with Crippen molar-refractivity contribution in [3.63, 3.8) is 0 Å². The van der Waals surface area contributed by atoms with E-state index in [4.69, 9.17) is 9.15 Å². The molecular formula is C23H18N2O4. The summed E-state index contributed by atoms with van der Waals surface area (Å²) in [5, 5.41) is 1.98. The lowest BCUT2D eigenvalue weighted by Crippen LogP contribution is -2.41. The molecule has 0 spiro atoms. The Kier molecular flexibility index (Phi) is 5.25. The number of benzene rings is 3. The van der Waals surface area contributed by atoms with Gasteiger partial charge in [0, 0.05) is 5.56 Å². The summed E-state index contributed by atoms with van der Waals surface area (Å²) in [6.45, 7) is 0.195. The molecule has 4 aromatic rings. The van der Waals surface area contributed by atoms with Crippen molar-refractivity contribution >= 4 is 22.6 Å². The fraction of sp³-hybridized carbons (Fsp3) is 0.0435. The van der Waals surface area contributed by atoms with E-state index in [1.165, 1.54) is 6.07 Å². The lowest BCUT2D eigenvalue weighted by Gasteiger charge is -2.07. The Morgan fingerprint density at radius 1 is 0.759 bits per heavy atom. The first kappa shape index (κ1) is 18.3. The Morgan fingerprint density at radius 2 is 1.48 bits per heavy atom. The molecule has 1 heterocycles. The third kappa shape index (κ3) is 4.44. The van der Waals surface area contributed by atoms with Crippen LogP contribution >= 0.6 is 0 Å². The Labute approximate surface area is 167 Å². The number of hydrogen-bond acceptors (Lipinski definition) is 4. The molecule has 144 valence electrons. The van der Waals surface area contributed by atoms with Crippen LogP contribution in [0.3, 0.4) is 0 Å². The topological polar surface area (TPSA) is 80.6 Å². The average molecular weight is 386 g/mol. The standard InChI is InChI=1S/C23H18N2O4/c26-22(18-11-10-16-6-4-5-7-17(16)14-18)24-25-23(27)21-13-12-20(29-21)15-28-19-8-2-1-3-9-19/h1-14H,15H2,(H,24,26)(H,25,27). The van der Waals surface area contributed by atoms with Crippen molar-refractivity contribution in [1.82, 2.24) is 10.9 Å². The summed E-state index contributed by atoms with van der Waals surface area (Å²) in [4.78, 5) is 24.5. The van der Waals surface area contributed by atoms with E-state index in [2.05, 4.69) is 10.9 Å². The highest BCUT2D eigenvalue weighted by Crippen LogP contribution is 2.16. The van der Waals surface area contributed by atoms with Crippen LogP contribution in [-0.4, -0.2) is 11.8 Å². The first-order valence-corrected chi connectivity index (χ1v) is 9.05. The van der Waals surface area contributed by atoms with Gasteiger partial charge in [0.15, 0.2) is 5.76 Å². The Bertz CT molecular complexity index is 1150. The van der Waals surface area contributed by atoms with Crippen molar-refractivity contribution in [1.29, 1.82) is 0 Å². The highest BCUT2D eigenvalue weighted by Gasteiger charge is 2.13. The molecule has 0 radical (unpaired) electrons. The van der Waals surface area contributed by atoms with Crippen LogP contribution in [0.1, 0.15) is 26.7 Å². The predicted octanol–water partition coefficient (Wildman–Crippen LogP) is 4.09. The van der Waals surface area contributed by atoms with Gasteiger partial charge in [-0.25, -0.2) is 0 Å². The van der Waals surface area contributed by atoms with Crippen molar-refractivity contribution < 1.29 is 18.7 Å². The molecule has 6 nitrogen and oxygen atoms in total. The van der Waals surface area contributed by atoms with Gasteiger partial charge in [-0.2, -0.15) is 0 Å². The highest BCUT2D eigenvalue weighted by atomic mass is 16.5. The second-order valence-electron chi connectivity index (χ2n) is 6.34. The molecule has 3 aromatic carbocycles. The molecule has 0 aliphatic carbocycles. The zero-order chi connectivity index (χ0) is 20.1. The predicted molar refractivity (Wildman–Crippen MR) is 108 cm³/mol. The molecule has 0 unspecified atom stereocenters. The minimum Gasteiger partial charge on any atom is -0.486 e. The second-order valence-corrected chi connectivity index (χ2v) is 6.34. The molecule has 6 heteroatoms. The van der Waals surface area contributed by atoms with E-state index in [0.717, 1.165) is 10.8 Å². The minimum absolute atomic E-state index is 0.0791. The van der Waals surface area contributed by atoms with Gasteiger partial charge in [-0.1, -0.05) is 48.5 Å². The van der Waals surface area contributed by atoms with Crippen molar-refractivity contribution in [2.24, 2.45) is 0 Å². The zero-order valence-electron chi connectivity index (χ0n) is 15.4. The lowest BCUT2D eigenvalue weighted by molar-refractivity contribution is 0.0828. The van der Waals surface area contributed by atoms with Crippen LogP contribution in [0.5, 0.6) is 5.75 Å². The number of para-hydroxylation sites is 1. The van der Waals surface area contributed by atoms with E-state index in [-0.39, 0.29) is 12.4 Å². The van der Waals surface area contributed by atoms with Crippen LogP contribution in [-0.2, 0) is 6.61 Å². The molecule has 0 fully saturated rings. The minimum atomic E-state index is -0.551. The molecule has 2 amide bonds. The average Bonchev–Trinajstić information content (AvgIpc) is 3.25. The van der Waals surface area contributed by atoms with E-state index in [1.54, 1.807) is 18.2 Å². The molecular weight excluding hydrogens is 368 g/mol. The summed E-state index contributed by atoms with van der Waals surface area (Å²) < 4.78 is 11.1. The van der Waals surface area contributed by atoms with Crippen molar-refractivity contribution in [3.8, 4) is 5.75 Å². The second kappa shape index (κ2) is 8.31. The zero-order valence-corrected chi connectivity index (χ0v) is 15.4. The first-order chi connectivity index (χ1) is 14.2. The molecule has 0 bridgehead atoms. The van der Waals surface area contributed by atoms with Crippen LogP contribution in [0.4, 0.5) is 0 Å².